The SMILES string of the molecule is Cc1cc(C)c(NC(=O)C(C)(C)C)c2c1CCN2CC(C)C.Cl. The molecule has 1 aliphatic rings. The van der Waals surface area contributed by atoms with Crippen LogP contribution in [0.25, 0.3) is 0 Å². The molecule has 3 nitrogen and oxygen atoms in total. The van der Waals surface area contributed by atoms with Crippen molar-refractivity contribution in [3.8, 4) is 0 Å². The highest BCUT2D eigenvalue weighted by Crippen LogP contribution is 2.41. The van der Waals surface area contributed by atoms with Crippen molar-refractivity contribution >= 4 is 29.7 Å². The van der Waals surface area contributed by atoms with Crippen molar-refractivity contribution in [3.63, 3.8) is 0 Å². The molecule has 4 heteroatoms. The van der Waals surface area contributed by atoms with E-state index in [1.54, 1.807) is 0 Å². The second-order valence-electron chi connectivity index (χ2n) is 8.01. The molecular formula is C19H31ClN2O. The molecule has 0 unspecified atom stereocenters. The molecule has 0 saturated heterocycles. The number of halogens is 1. The summed E-state index contributed by atoms with van der Waals surface area (Å²) in [6, 6.07) is 2.20. The first kappa shape index (κ1) is 19.8. The van der Waals surface area contributed by atoms with E-state index in [-0.39, 0.29) is 23.7 Å². The molecule has 1 amide bonds. The van der Waals surface area contributed by atoms with E-state index in [4.69, 9.17) is 0 Å². The molecule has 0 spiro atoms. The van der Waals surface area contributed by atoms with Crippen LogP contribution in [-0.2, 0) is 11.2 Å². The van der Waals surface area contributed by atoms with Gasteiger partial charge in [-0.3, -0.25) is 4.79 Å². The van der Waals surface area contributed by atoms with Crippen molar-refractivity contribution in [2.45, 2.75) is 54.9 Å². The van der Waals surface area contributed by atoms with E-state index >= 15 is 0 Å². The normalized spacial score (nSPS) is 13.8. The largest absolute Gasteiger partial charge is 0.369 e. The van der Waals surface area contributed by atoms with E-state index in [1.165, 1.54) is 16.8 Å². The van der Waals surface area contributed by atoms with Crippen molar-refractivity contribution in [3.05, 3.63) is 22.8 Å². The molecular weight excluding hydrogens is 308 g/mol. The minimum Gasteiger partial charge on any atom is -0.369 e. The molecule has 130 valence electrons. The van der Waals surface area contributed by atoms with Crippen molar-refractivity contribution in [2.75, 3.05) is 23.3 Å². The number of aryl methyl sites for hydroxylation is 2. The second-order valence-corrected chi connectivity index (χ2v) is 8.01. The lowest BCUT2D eigenvalue weighted by Crippen LogP contribution is -2.30. The lowest BCUT2D eigenvalue weighted by Gasteiger charge is -2.27. The van der Waals surface area contributed by atoms with Gasteiger partial charge in [0.15, 0.2) is 0 Å². The zero-order valence-electron chi connectivity index (χ0n) is 15.5. The van der Waals surface area contributed by atoms with E-state index in [2.05, 4.69) is 44.0 Å². The van der Waals surface area contributed by atoms with Gasteiger partial charge < -0.3 is 10.2 Å². The zero-order valence-corrected chi connectivity index (χ0v) is 16.4. The molecule has 0 atom stereocenters. The summed E-state index contributed by atoms with van der Waals surface area (Å²) in [6.07, 6.45) is 1.08. The minimum absolute atomic E-state index is 0. The summed E-state index contributed by atoms with van der Waals surface area (Å²) in [7, 11) is 0. The van der Waals surface area contributed by atoms with Crippen LogP contribution in [0.4, 0.5) is 11.4 Å². The fourth-order valence-electron chi connectivity index (χ4n) is 3.11. The quantitative estimate of drug-likeness (QED) is 0.864. The average molecular weight is 339 g/mol. The number of hydrogen-bond donors (Lipinski definition) is 1. The predicted molar refractivity (Wildman–Crippen MR) is 102 cm³/mol. The summed E-state index contributed by atoms with van der Waals surface area (Å²) in [5.41, 5.74) is 5.78. The predicted octanol–water partition coefficient (Wildman–Crippen LogP) is 4.73. The summed E-state index contributed by atoms with van der Waals surface area (Å²) in [5.74, 6) is 0.691. The van der Waals surface area contributed by atoms with Crippen LogP contribution >= 0.6 is 12.4 Å². The Balaban J connectivity index is 0.00000264. The first-order chi connectivity index (χ1) is 10.1. The highest BCUT2D eigenvalue weighted by Gasteiger charge is 2.29. The molecule has 1 heterocycles. The van der Waals surface area contributed by atoms with Crippen LogP contribution in [0.2, 0.25) is 0 Å². The number of rotatable bonds is 3. The minimum atomic E-state index is -0.383. The second kappa shape index (κ2) is 7.12. The van der Waals surface area contributed by atoms with E-state index < -0.39 is 0 Å². The topological polar surface area (TPSA) is 32.3 Å². The highest BCUT2D eigenvalue weighted by atomic mass is 35.5. The van der Waals surface area contributed by atoms with Gasteiger partial charge in [0.05, 0.1) is 11.4 Å². The number of benzene rings is 1. The third kappa shape index (κ3) is 4.20. The Labute approximate surface area is 147 Å². The maximum atomic E-state index is 12.5. The Bertz CT molecular complexity index is 588. The standard InChI is InChI=1S/C19H30N2O.ClH/c1-12(2)11-21-9-8-15-13(3)10-14(4)16(17(15)21)20-18(22)19(5,6)7;/h10,12H,8-9,11H2,1-7H3,(H,20,22);1H. The van der Waals surface area contributed by atoms with Crippen LogP contribution in [-0.4, -0.2) is 19.0 Å². The van der Waals surface area contributed by atoms with Gasteiger partial charge in [0.2, 0.25) is 5.91 Å². The number of nitrogens with one attached hydrogen (secondary N) is 1. The number of fused-ring (bicyclic) bond motifs is 1. The molecule has 0 radical (unpaired) electrons. The Morgan fingerprint density at radius 1 is 1.26 bits per heavy atom. The van der Waals surface area contributed by atoms with Crippen LogP contribution in [0, 0.1) is 25.2 Å². The van der Waals surface area contributed by atoms with E-state index in [0.717, 1.165) is 30.8 Å². The van der Waals surface area contributed by atoms with E-state index in [9.17, 15) is 4.79 Å². The maximum absolute atomic E-state index is 12.5. The van der Waals surface area contributed by atoms with Crippen molar-refractivity contribution in [1.82, 2.24) is 0 Å². The fraction of sp³-hybridized carbons (Fsp3) is 0.632. The van der Waals surface area contributed by atoms with Crippen molar-refractivity contribution in [1.29, 1.82) is 0 Å². The van der Waals surface area contributed by atoms with Crippen molar-refractivity contribution in [2.24, 2.45) is 11.3 Å². The molecule has 1 N–H and O–H groups in total. The number of carbonyl (C=O) groups is 1. The summed E-state index contributed by atoms with van der Waals surface area (Å²) in [4.78, 5) is 14.9. The number of carbonyl (C=O) groups excluding carboxylic acids is 1. The molecule has 0 aliphatic carbocycles. The molecule has 2 rings (SSSR count). The van der Waals surface area contributed by atoms with Gasteiger partial charge in [-0.25, -0.2) is 0 Å². The van der Waals surface area contributed by atoms with Gasteiger partial charge in [0.1, 0.15) is 0 Å². The third-order valence-corrected chi connectivity index (χ3v) is 4.28. The van der Waals surface area contributed by atoms with E-state index in [1.807, 2.05) is 20.8 Å². The summed E-state index contributed by atoms with van der Waals surface area (Å²) < 4.78 is 0. The molecule has 0 bridgehead atoms. The molecule has 23 heavy (non-hydrogen) atoms. The Morgan fingerprint density at radius 3 is 2.39 bits per heavy atom. The van der Waals surface area contributed by atoms with Crippen LogP contribution in [0.1, 0.15) is 51.3 Å². The zero-order chi connectivity index (χ0) is 16.7. The van der Waals surface area contributed by atoms with Gasteiger partial charge in [-0.2, -0.15) is 0 Å². The average Bonchev–Trinajstić information content (AvgIpc) is 2.76. The first-order valence-corrected chi connectivity index (χ1v) is 8.30. The number of hydrogen-bond acceptors (Lipinski definition) is 2. The van der Waals surface area contributed by atoms with E-state index in [0.29, 0.717) is 5.92 Å². The Morgan fingerprint density at radius 2 is 1.87 bits per heavy atom. The Kier molecular flexibility index (Phi) is 6.14. The van der Waals surface area contributed by atoms with Gasteiger partial charge >= 0.3 is 0 Å². The molecule has 1 aromatic carbocycles. The molecule has 1 aromatic rings. The fourth-order valence-corrected chi connectivity index (χ4v) is 3.11. The lowest BCUT2D eigenvalue weighted by molar-refractivity contribution is -0.123. The monoisotopic (exact) mass is 338 g/mol. The first-order valence-electron chi connectivity index (χ1n) is 8.30. The van der Waals surface area contributed by atoms with Crippen LogP contribution < -0.4 is 10.2 Å². The lowest BCUT2D eigenvalue weighted by atomic mass is 9.94. The van der Waals surface area contributed by atoms with Gasteiger partial charge in [-0.1, -0.05) is 40.7 Å². The van der Waals surface area contributed by atoms with Gasteiger partial charge in [-0.05, 0) is 42.9 Å². The molecule has 0 fully saturated rings. The molecule has 0 saturated carbocycles. The smallest absolute Gasteiger partial charge is 0.229 e. The number of anilines is 2. The maximum Gasteiger partial charge on any atom is 0.229 e. The van der Waals surface area contributed by atoms with Gasteiger partial charge in [0, 0.05) is 18.5 Å². The van der Waals surface area contributed by atoms with Crippen molar-refractivity contribution < 1.29 is 4.79 Å². The highest BCUT2D eigenvalue weighted by molar-refractivity contribution is 5.99. The number of amides is 1. The molecule has 1 aliphatic heterocycles. The summed E-state index contributed by atoms with van der Waals surface area (Å²) in [6.45, 7) is 16.7. The van der Waals surface area contributed by atoms with Crippen LogP contribution in [0.5, 0.6) is 0 Å². The third-order valence-electron chi connectivity index (χ3n) is 4.28. The summed E-state index contributed by atoms with van der Waals surface area (Å²) >= 11 is 0. The Hall–Kier alpha value is -1.22. The van der Waals surface area contributed by atoms with Crippen LogP contribution in [0.15, 0.2) is 6.07 Å². The van der Waals surface area contributed by atoms with Gasteiger partial charge in [0.25, 0.3) is 0 Å². The van der Waals surface area contributed by atoms with Crippen LogP contribution in [0.3, 0.4) is 0 Å². The molecule has 0 aromatic heterocycles. The number of nitrogens with zero attached hydrogens (tertiary/aromatic N) is 1. The van der Waals surface area contributed by atoms with Gasteiger partial charge in [-0.15, -0.1) is 12.4 Å². The summed E-state index contributed by atoms with van der Waals surface area (Å²) in [5, 5.41) is 3.20.